The molecule has 0 saturated heterocycles. The predicted molar refractivity (Wildman–Crippen MR) is 60.4 cm³/mol. The van der Waals surface area contributed by atoms with Crippen molar-refractivity contribution in [2.24, 2.45) is 5.90 Å². The molecule has 0 spiro atoms. The van der Waals surface area contributed by atoms with Gasteiger partial charge in [-0.25, -0.2) is 0 Å². The van der Waals surface area contributed by atoms with Crippen molar-refractivity contribution >= 4 is 16.5 Å². The lowest BCUT2D eigenvalue weighted by molar-refractivity contribution is 0.335. The molecular weight excluding hydrogens is 190 g/mol. The first-order chi connectivity index (χ1) is 7.24. The van der Waals surface area contributed by atoms with Crippen molar-refractivity contribution in [3.63, 3.8) is 0 Å². The summed E-state index contributed by atoms with van der Waals surface area (Å²) in [5, 5.41) is 11.2. The third-order valence-corrected chi connectivity index (χ3v) is 2.31. The Kier molecular flexibility index (Phi) is 2.31. The van der Waals surface area contributed by atoms with Gasteiger partial charge in [0.25, 0.3) is 0 Å². The van der Waals surface area contributed by atoms with E-state index in [0.717, 1.165) is 10.8 Å². The summed E-state index contributed by atoms with van der Waals surface area (Å²) in [4.78, 5) is 4.80. The number of benzene rings is 2. The highest BCUT2D eigenvalue weighted by Gasteiger charge is 2.10. The Labute approximate surface area is 87.4 Å². The van der Waals surface area contributed by atoms with Gasteiger partial charge in [0, 0.05) is 5.39 Å². The van der Waals surface area contributed by atoms with Crippen molar-refractivity contribution in [1.29, 1.82) is 0 Å². The van der Waals surface area contributed by atoms with Crippen LogP contribution in [0.2, 0.25) is 0 Å². The van der Waals surface area contributed by atoms with E-state index in [2.05, 4.69) is 6.58 Å². The van der Waals surface area contributed by atoms with Gasteiger partial charge < -0.3 is 9.94 Å². The molecule has 2 aromatic carbocycles. The van der Waals surface area contributed by atoms with Gasteiger partial charge in [-0.3, -0.25) is 0 Å². The number of fused-ring (bicyclic) bond motifs is 1. The average molecular weight is 201 g/mol. The molecule has 0 fully saturated rings. The van der Waals surface area contributed by atoms with E-state index in [1.54, 1.807) is 6.07 Å². The Balaban J connectivity index is 2.81. The highest BCUT2D eigenvalue weighted by Crippen LogP contribution is 2.31. The first kappa shape index (κ1) is 9.55. The van der Waals surface area contributed by atoms with Crippen molar-refractivity contribution in [3.8, 4) is 5.75 Å². The molecule has 0 bridgehead atoms. The normalized spacial score (nSPS) is 10.2. The number of aliphatic hydroxyl groups is 1. The summed E-state index contributed by atoms with van der Waals surface area (Å²) in [6.07, 6.45) is 0. The van der Waals surface area contributed by atoms with E-state index in [-0.39, 0.29) is 5.76 Å². The molecule has 0 unspecified atom stereocenters. The molecule has 3 heteroatoms. The van der Waals surface area contributed by atoms with E-state index < -0.39 is 0 Å². The van der Waals surface area contributed by atoms with Crippen LogP contribution in [0.5, 0.6) is 5.75 Å². The maximum absolute atomic E-state index is 9.37. The standard InChI is InChI=1S/C12H11NO2/c1-8(14)10-7-6-9-4-2-3-5-11(9)12(10)15-13/h2-7,14H,1,13H2. The number of hydrogen-bond acceptors (Lipinski definition) is 3. The van der Waals surface area contributed by atoms with Crippen LogP contribution in [0, 0.1) is 0 Å². The molecule has 15 heavy (non-hydrogen) atoms. The summed E-state index contributed by atoms with van der Waals surface area (Å²) in [6.45, 7) is 3.46. The quantitative estimate of drug-likeness (QED) is 0.580. The first-order valence-electron chi connectivity index (χ1n) is 4.51. The molecule has 76 valence electrons. The SMILES string of the molecule is C=C(O)c1ccc2ccccc2c1ON. The van der Waals surface area contributed by atoms with Crippen molar-refractivity contribution < 1.29 is 9.94 Å². The van der Waals surface area contributed by atoms with Crippen LogP contribution in [0.3, 0.4) is 0 Å². The molecule has 0 radical (unpaired) electrons. The highest BCUT2D eigenvalue weighted by atomic mass is 16.6. The summed E-state index contributed by atoms with van der Waals surface area (Å²) in [5.74, 6) is 5.59. The van der Waals surface area contributed by atoms with Crippen LogP contribution in [-0.4, -0.2) is 5.11 Å². The third-order valence-electron chi connectivity index (χ3n) is 2.31. The minimum Gasteiger partial charge on any atom is -0.508 e. The summed E-state index contributed by atoms with van der Waals surface area (Å²) >= 11 is 0. The maximum atomic E-state index is 9.37. The number of aliphatic hydroxyl groups excluding tert-OH is 1. The molecule has 0 saturated carbocycles. The van der Waals surface area contributed by atoms with Gasteiger partial charge in [0.1, 0.15) is 5.76 Å². The lowest BCUT2D eigenvalue weighted by atomic mass is 10.0. The summed E-state index contributed by atoms with van der Waals surface area (Å²) in [5.41, 5.74) is 0.510. The largest absolute Gasteiger partial charge is 0.508 e. The van der Waals surface area contributed by atoms with E-state index >= 15 is 0 Å². The van der Waals surface area contributed by atoms with Crippen molar-refractivity contribution in [2.75, 3.05) is 0 Å². The second-order valence-electron chi connectivity index (χ2n) is 3.23. The second-order valence-corrected chi connectivity index (χ2v) is 3.23. The van der Waals surface area contributed by atoms with Gasteiger partial charge in [-0.1, -0.05) is 36.9 Å². The monoisotopic (exact) mass is 201 g/mol. The number of rotatable bonds is 2. The molecule has 0 heterocycles. The van der Waals surface area contributed by atoms with Crippen LogP contribution in [0.25, 0.3) is 16.5 Å². The Bertz CT molecular complexity index is 520. The smallest absolute Gasteiger partial charge is 0.165 e. The topological polar surface area (TPSA) is 55.5 Å². The number of hydrogen-bond donors (Lipinski definition) is 2. The van der Waals surface area contributed by atoms with Crippen LogP contribution < -0.4 is 10.7 Å². The Morgan fingerprint density at radius 3 is 2.60 bits per heavy atom. The molecule has 2 rings (SSSR count). The van der Waals surface area contributed by atoms with Gasteiger partial charge in [-0.2, -0.15) is 5.90 Å². The van der Waals surface area contributed by atoms with Gasteiger partial charge in [0.2, 0.25) is 0 Å². The van der Waals surface area contributed by atoms with Crippen LogP contribution in [0.1, 0.15) is 5.56 Å². The van der Waals surface area contributed by atoms with Gasteiger partial charge in [0.05, 0.1) is 5.56 Å². The van der Waals surface area contributed by atoms with Crippen LogP contribution in [0.4, 0.5) is 0 Å². The molecule has 0 atom stereocenters. The fraction of sp³-hybridized carbons (Fsp3) is 0. The molecule has 0 aliphatic heterocycles. The van der Waals surface area contributed by atoms with E-state index in [1.807, 2.05) is 30.3 Å². The number of nitrogens with two attached hydrogens (primary N) is 1. The van der Waals surface area contributed by atoms with Crippen molar-refractivity contribution in [2.45, 2.75) is 0 Å². The van der Waals surface area contributed by atoms with Gasteiger partial charge in [-0.15, -0.1) is 0 Å². The van der Waals surface area contributed by atoms with Gasteiger partial charge in [0.15, 0.2) is 5.75 Å². The third kappa shape index (κ3) is 1.53. The zero-order chi connectivity index (χ0) is 10.8. The first-order valence-corrected chi connectivity index (χ1v) is 4.51. The van der Waals surface area contributed by atoms with E-state index in [4.69, 9.17) is 10.7 Å². The lowest BCUT2D eigenvalue weighted by Gasteiger charge is -2.09. The Morgan fingerprint density at radius 2 is 1.93 bits per heavy atom. The van der Waals surface area contributed by atoms with Crippen LogP contribution >= 0.6 is 0 Å². The summed E-state index contributed by atoms with van der Waals surface area (Å²) < 4.78 is 0. The van der Waals surface area contributed by atoms with Gasteiger partial charge in [-0.05, 0) is 11.5 Å². The van der Waals surface area contributed by atoms with E-state index in [0.29, 0.717) is 11.3 Å². The zero-order valence-electron chi connectivity index (χ0n) is 8.10. The van der Waals surface area contributed by atoms with Crippen LogP contribution in [-0.2, 0) is 0 Å². The fourth-order valence-corrected chi connectivity index (χ4v) is 1.60. The molecule has 0 aromatic heterocycles. The maximum Gasteiger partial charge on any atom is 0.165 e. The Morgan fingerprint density at radius 1 is 1.20 bits per heavy atom. The Hall–Kier alpha value is -2.00. The zero-order valence-corrected chi connectivity index (χ0v) is 8.10. The molecule has 2 aromatic rings. The van der Waals surface area contributed by atoms with E-state index in [9.17, 15) is 5.11 Å². The highest BCUT2D eigenvalue weighted by molar-refractivity contribution is 5.92. The van der Waals surface area contributed by atoms with Gasteiger partial charge >= 0.3 is 0 Å². The predicted octanol–water partition coefficient (Wildman–Crippen LogP) is 2.62. The molecule has 0 aliphatic carbocycles. The lowest BCUT2D eigenvalue weighted by Crippen LogP contribution is -2.05. The molecule has 3 N–H and O–H groups in total. The van der Waals surface area contributed by atoms with Crippen molar-refractivity contribution in [1.82, 2.24) is 0 Å². The molecule has 3 nitrogen and oxygen atoms in total. The minimum absolute atomic E-state index is 0.0544. The average Bonchev–Trinajstić information content (AvgIpc) is 2.27. The van der Waals surface area contributed by atoms with Crippen LogP contribution in [0.15, 0.2) is 43.0 Å². The fourth-order valence-electron chi connectivity index (χ4n) is 1.60. The second kappa shape index (κ2) is 3.63. The summed E-state index contributed by atoms with van der Waals surface area (Å²) in [6, 6.07) is 11.2. The molecular formula is C12H11NO2. The van der Waals surface area contributed by atoms with E-state index in [1.165, 1.54) is 0 Å². The van der Waals surface area contributed by atoms with Crippen molar-refractivity contribution in [3.05, 3.63) is 48.5 Å². The summed E-state index contributed by atoms with van der Waals surface area (Å²) in [7, 11) is 0. The molecule has 0 amide bonds. The molecule has 0 aliphatic rings. The minimum atomic E-state index is -0.0544.